The first-order valence-electron chi connectivity index (χ1n) is 10.1. The smallest absolute Gasteiger partial charge is 0.419 e. The summed E-state index contributed by atoms with van der Waals surface area (Å²) in [6.07, 6.45) is -3.22. The summed E-state index contributed by atoms with van der Waals surface area (Å²) in [7, 11) is 1.06. The molecule has 0 bridgehead atoms. The lowest BCUT2D eigenvalue weighted by Gasteiger charge is -2.25. The van der Waals surface area contributed by atoms with Crippen LogP contribution in [0.2, 0.25) is 0 Å². The summed E-state index contributed by atoms with van der Waals surface area (Å²) >= 11 is 0. The van der Waals surface area contributed by atoms with Gasteiger partial charge >= 0.3 is 12.2 Å². The number of pyridine rings is 1. The lowest BCUT2D eigenvalue weighted by Crippen LogP contribution is -2.41. The zero-order valence-corrected chi connectivity index (χ0v) is 17.9. The molecule has 1 atom stereocenters. The topological polar surface area (TPSA) is 112 Å². The Morgan fingerprint density at radius 3 is 2.65 bits per heavy atom. The van der Waals surface area contributed by atoms with Crippen LogP contribution in [0.4, 0.5) is 28.0 Å². The molecule has 0 saturated carbocycles. The maximum Gasteiger partial charge on any atom is 0.419 e. The highest BCUT2D eigenvalue weighted by Gasteiger charge is 2.34. The van der Waals surface area contributed by atoms with E-state index < -0.39 is 48.0 Å². The van der Waals surface area contributed by atoms with Gasteiger partial charge in [-0.3, -0.25) is 14.7 Å². The maximum atomic E-state index is 14.5. The molecule has 12 heteroatoms. The summed E-state index contributed by atoms with van der Waals surface area (Å²) < 4.78 is 58.2. The molecule has 1 aliphatic rings. The van der Waals surface area contributed by atoms with Crippen LogP contribution in [0, 0.1) is 5.82 Å². The molecule has 0 saturated heterocycles. The van der Waals surface area contributed by atoms with Crippen LogP contribution in [0.15, 0.2) is 36.5 Å². The monoisotopic (exact) mass is 483 g/mol. The number of aliphatic hydroxyl groups is 2. The van der Waals surface area contributed by atoms with Crippen molar-refractivity contribution in [3.63, 3.8) is 0 Å². The van der Waals surface area contributed by atoms with Crippen LogP contribution in [0.5, 0.6) is 5.75 Å². The van der Waals surface area contributed by atoms with Crippen LogP contribution < -0.4 is 10.1 Å². The summed E-state index contributed by atoms with van der Waals surface area (Å²) in [5.41, 5.74) is -0.481. The Morgan fingerprint density at radius 2 is 2.06 bits per heavy atom. The minimum Gasteiger partial charge on any atom is -0.496 e. The van der Waals surface area contributed by atoms with E-state index >= 15 is 0 Å². The number of methoxy groups -OCH3 is 1. The second kappa shape index (κ2) is 10.2. The Balaban J connectivity index is 1.72. The molecule has 1 aliphatic heterocycles. The quantitative estimate of drug-likeness (QED) is 0.545. The number of imide groups is 1. The highest BCUT2D eigenvalue weighted by Crippen LogP contribution is 2.37. The second-order valence-electron chi connectivity index (χ2n) is 7.47. The number of hydrogen-bond donors (Lipinski definition) is 3. The average molecular weight is 483 g/mol. The Labute approximate surface area is 191 Å². The van der Waals surface area contributed by atoms with E-state index in [4.69, 9.17) is 9.84 Å². The van der Waals surface area contributed by atoms with E-state index in [2.05, 4.69) is 10.3 Å². The third-order valence-corrected chi connectivity index (χ3v) is 5.06. The van der Waals surface area contributed by atoms with Crippen LogP contribution in [-0.4, -0.2) is 58.4 Å². The van der Waals surface area contributed by atoms with Crippen molar-refractivity contribution in [1.82, 2.24) is 9.88 Å². The highest BCUT2D eigenvalue weighted by atomic mass is 19.4. The van der Waals surface area contributed by atoms with Crippen LogP contribution in [-0.2, 0) is 17.4 Å². The molecule has 182 valence electrons. The predicted molar refractivity (Wildman–Crippen MR) is 112 cm³/mol. The fourth-order valence-corrected chi connectivity index (χ4v) is 3.39. The zero-order chi connectivity index (χ0) is 25.0. The van der Waals surface area contributed by atoms with E-state index in [0.717, 1.165) is 42.4 Å². The molecule has 2 heterocycles. The maximum absolute atomic E-state index is 14.5. The Morgan fingerprint density at radius 1 is 1.32 bits per heavy atom. The number of urea groups is 1. The molecule has 2 aromatic rings. The summed E-state index contributed by atoms with van der Waals surface area (Å²) in [6, 6.07) is 3.05. The number of amides is 3. The number of ether oxygens (including phenoxy) is 1. The predicted octanol–water partition coefficient (Wildman–Crippen LogP) is 2.99. The van der Waals surface area contributed by atoms with Crippen molar-refractivity contribution in [2.45, 2.75) is 25.1 Å². The van der Waals surface area contributed by atoms with E-state index in [-0.39, 0.29) is 36.3 Å². The summed E-state index contributed by atoms with van der Waals surface area (Å²) in [5, 5.41) is 20.7. The molecule has 1 aromatic carbocycles. The minimum absolute atomic E-state index is 0.00135. The molecule has 0 fully saturated rings. The summed E-state index contributed by atoms with van der Waals surface area (Å²) in [6.45, 7) is -0.597. The normalized spacial score (nSPS) is 15.1. The van der Waals surface area contributed by atoms with Crippen LogP contribution in [0.1, 0.15) is 23.2 Å². The van der Waals surface area contributed by atoms with Gasteiger partial charge in [-0.15, -0.1) is 0 Å². The SMILES string of the molecule is COc1cc(NC(=O)N2CCC(c3ncc(C[C@@H](O)CO)cc3F)=CC2=O)ccc1C(F)(F)F. The van der Waals surface area contributed by atoms with Gasteiger partial charge in [-0.05, 0) is 35.8 Å². The number of hydrogen-bond acceptors (Lipinski definition) is 6. The molecule has 3 rings (SSSR count). The number of alkyl halides is 3. The molecule has 0 unspecified atom stereocenters. The number of carbonyl (C=O) groups excluding carboxylic acids is 2. The van der Waals surface area contributed by atoms with Gasteiger partial charge in [-0.2, -0.15) is 13.2 Å². The first kappa shape index (κ1) is 25.1. The molecule has 8 nitrogen and oxygen atoms in total. The molecule has 1 aromatic heterocycles. The van der Waals surface area contributed by atoms with Crippen LogP contribution >= 0.6 is 0 Å². The number of rotatable bonds is 6. The van der Waals surface area contributed by atoms with Crippen molar-refractivity contribution >= 4 is 23.2 Å². The number of aromatic nitrogens is 1. The fourth-order valence-electron chi connectivity index (χ4n) is 3.39. The second-order valence-corrected chi connectivity index (χ2v) is 7.47. The van der Waals surface area contributed by atoms with Gasteiger partial charge in [0.2, 0.25) is 0 Å². The van der Waals surface area contributed by atoms with Crippen molar-refractivity contribution in [3.8, 4) is 5.75 Å². The first-order chi connectivity index (χ1) is 16.0. The standard InChI is InChI=1S/C22H21F4N3O5/c1-34-18-9-14(2-3-16(18)22(24,25)26)28-21(33)29-5-4-13(8-19(29)32)20-17(23)7-12(10-27-20)6-15(31)11-30/h2-3,7-10,15,30-31H,4-6,11H2,1H3,(H,28,33)/t15-/m1/s1. The molecular weight excluding hydrogens is 462 g/mol. The van der Waals surface area contributed by atoms with Crippen molar-refractivity contribution in [2.24, 2.45) is 0 Å². The average Bonchev–Trinajstić information content (AvgIpc) is 2.78. The summed E-state index contributed by atoms with van der Waals surface area (Å²) in [5.74, 6) is -1.97. The molecule has 3 amide bonds. The number of benzene rings is 1. The highest BCUT2D eigenvalue weighted by molar-refractivity contribution is 6.08. The fraction of sp³-hybridized carbons (Fsp3) is 0.318. The number of aliphatic hydroxyl groups excluding tert-OH is 2. The van der Waals surface area contributed by atoms with Gasteiger partial charge in [0.1, 0.15) is 17.3 Å². The first-order valence-corrected chi connectivity index (χ1v) is 10.1. The van der Waals surface area contributed by atoms with E-state index in [1.807, 2.05) is 0 Å². The number of carbonyl (C=O) groups is 2. The van der Waals surface area contributed by atoms with Gasteiger partial charge in [0.05, 0.1) is 25.4 Å². The van der Waals surface area contributed by atoms with E-state index in [9.17, 15) is 32.3 Å². The van der Waals surface area contributed by atoms with Crippen molar-refractivity contribution < 1.29 is 42.1 Å². The zero-order valence-electron chi connectivity index (χ0n) is 17.9. The van der Waals surface area contributed by atoms with Crippen LogP contribution in [0.3, 0.4) is 0 Å². The van der Waals surface area contributed by atoms with E-state index in [1.54, 1.807) is 0 Å². The van der Waals surface area contributed by atoms with E-state index in [0.29, 0.717) is 5.56 Å². The van der Waals surface area contributed by atoms with Gasteiger partial charge < -0.3 is 20.3 Å². The number of halogens is 4. The van der Waals surface area contributed by atoms with E-state index in [1.165, 1.54) is 6.20 Å². The van der Waals surface area contributed by atoms with Gasteiger partial charge in [-0.25, -0.2) is 9.18 Å². The Hall–Kier alpha value is -3.51. The van der Waals surface area contributed by atoms with Crippen LogP contribution in [0.25, 0.3) is 5.57 Å². The Kier molecular flexibility index (Phi) is 7.52. The minimum atomic E-state index is -4.64. The number of nitrogens with zero attached hydrogens (tertiary/aromatic N) is 2. The van der Waals surface area contributed by atoms with Gasteiger partial charge in [0.15, 0.2) is 0 Å². The van der Waals surface area contributed by atoms with Gasteiger partial charge in [0, 0.05) is 37.0 Å². The molecular formula is C22H21F4N3O5. The number of nitrogens with one attached hydrogen (secondary N) is 1. The third-order valence-electron chi connectivity index (χ3n) is 5.06. The summed E-state index contributed by atoms with van der Waals surface area (Å²) in [4.78, 5) is 29.8. The van der Waals surface area contributed by atoms with Gasteiger partial charge in [0.25, 0.3) is 5.91 Å². The lowest BCUT2D eigenvalue weighted by molar-refractivity contribution is -0.138. The molecule has 34 heavy (non-hydrogen) atoms. The largest absolute Gasteiger partial charge is 0.496 e. The molecule has 0 spiro atoms. The lowest BCUT2D eigenvalue weighted by atomic mass is 10.0. The number of anilines is 1. The molecule has 0 aliphatic carbocycles. The molecule has 0 radical (unpaired) electrons. The van der Waals surface area contributed by atoms with Gasteiger partial charge in [-0.1, -0.05) is 0 Å². The van der Waals surface area contributed by atoms with Crippen molar-refractivity contribution in [3.05, 3.63) is 59.2 Å². The third kappa shape index (κ3) is 5.69. The van der Waals surface area contributed by atoms with Crippen molar-refractivity contribution in [1.29, 1.82) is 0 Å². The Bertz CT molecular complexity index is 1120. The molecule has 3 N–H and O–H groups in total. The van der Waals surface area contributed by atoms with Crippen molar-refractivity contribution in [2.75, 3.05) is 25.6 Å².